The average Bonchev–Trinajstić information content (AvgIpc) is 3.27. The monoisotopic (exact) mass is 328 g/mol. The molecule has 1 aromatic carbocycles. The van der Waals surface area contributed by atoms with Crippen molar-refractivity contribution in [2.75, 3.05) is 5.01 Å². The molecule has 0 fully saturated rings. The highest BCUT2D eigenvalue weighted by Crippen LogP contribution is 2.38. The fraction of sp³-hybridized carbons (Fsp3) is 0.118. The van der Waals surface area contributed by atoms with Gasteiger partial charge in [0.25, 0.3) is 0 Å². The van der Waals surface area contributed by atoms with Crippen molar-refractivity contribution in [1.29, 1.82) is 0 Å². The van der Waals surface area contributed by atoms with Crippen molar-refractivity contribution in [1.82, 2.24) is 0 Å². The molecule has 0 radical (unpaired) electrons. The Kier molecular flexibility index (Phi) is 3.52. The summed E-state index contributed by atoms with van der Waals surface area (Å²) in [7, 11) is 0. The molecule has 5 heteroatoms. The van der Waals surface area contributed by atoms with E-state index in [4.69, 9.17) is 5.10 Å². The molecule has 0 amide bonds. The van der Waals surface area contributed by atoms with Crippen LogP contribution >= 0.6 is 22.7 Å². The molecule has 2 aromatic heterocycles. The van der Waals surface area contributed by atoms with Gasteiger partial charge in [0, 0.05) is 11.3 Å². The summed E-state index contributed by atoms with van der Waals surface area (Å²) in [6, 6.07) is 15.1. The van der Waals surface area contributed by atoms with Crippen LogP contribution in [0.5, 0.6) is 0 Å². The molecule has 3 heterocycles. The van der Waals surface area contributed by atoms with Gasteiger partial charge in [0.2, 0.25) is 0 Å². The first-order chi connectivity index (χ1) is 10.8. The summed E-state index contributed by atoms with van der Waals surface area (Å²) >= 11 is 3.44. The Labute approximate surface area is 136 Å². The third-order valence-corrected chi connectivity index (χ3v) is 5.57. The highest BCUT2D eigenvalue weighted by Gasteiger charge is 2.30. The normalized spacial score (nSPS) is 17.8. The second kappa shape index (κ2) is 5.66. The smallest absolute Gasteiger partial charge is 0.123 e. The number of thiophene rings is 2. The fourth-order valence-corrected chi connectivity index (χ4v) is 4.17. The van der Waals surface area contributed by atoms with Gasteiger partial charge < -0.3 is 0 Å². The number of anilines is 1. The third-order valence-electron chi connectivity index (χ3n) is 3.68. The van der Waals surface area contributed by atoms with E-state index in [1.165, 1.54) is 21.9 Å². The van der Waals surface area contributed by atoms with E-state index >= 15 is 0 Å². The summed E-state index contributed by atoms with van der Waals surface area (Å²) in [5, 5.41) is 11.0. The van der Waals surface area contributed by atoms with Crippen LogP contribution in [0.2, 0.25) is 0 Å². The Balaban J connectivity index is 1.74. The second-order valence-electron chi connectivity index (χ2n) is 5.08. The van der Waals surface area contributed by atoms with Crippen LogP contribution in [0.4, 0.5) is 10.1 Å². The van der Waals surface area contributed by atoms with E-state index in [0.29, 0.717) is 0 Å². The Hall–Kier alpha value is -1.98. The first-order valence-electron chi connectivity index (χ1n) is 7.01. The molecule has 0 saturated heterocycles. The van der Waals surface area contributed by atoms with Gasteiger partial charge in [0.05, 0.1) is 22.3 Å². The van der Waals surface area contributed by atoms with Crippen LogP contribution in [0.1, 0.15) is 22.2 Å². The number of halogens is 1. The van der Waals surface area contributed by atoms with Crippen molar-refractivity contribution in [2.45, 2.75) is 12.5 Å². The van der Waals surface area contributed by atoms with Crippen LogP contribution < -0.4 is 5.01 Å². The van der Waals surface area contributed by atoms with Gasteiger partial charge in [-0.15, -0.1) is 22.7 Å². The number of benzene rings is 1. The number of hydrogen-bond acceptors (Lipinski definition) is 4. The largest absolute Gasteiger partial charge is 0.257 e. The van der Waals surface area contributed by atoms with E-state index < -0.39 is 0 Å². The maximum atomic E-state index is 13.2. The van der Waals surface area contributed by atoms with E-state index in [0.717, 1.165) is 17.8 Å². The number of hydrogen-bond donors (Lipinski definition) is 0. The topological polar surface area (TPSA) is 15.6 Å². The molecule has 1 aliphatic rings. The van der Waals surface area contributed by atoms with Crippen molar-refractivity contribution >= 4 is 34.1 Å². The third kappa shape index (κ3) is 2.46. The predicted octanol–water partition coefficient (Wildman–Crippen LogP) is 5.30. The lowest BCUT2D eigenvalue weighted by Gasteiger charge is -2.22. The molecule has 0 spiro atoms. The zero-order chi connectivity index (χ0) is 14.9. The molecule has 0 saturated carbocycles. The maximum Gasteiger partial charge on any atom is 0.123 e. The van der Waals surface area contributed by atoms with E-state index in [1.807, 2.05) is 11.1 Å². The molecule has 4 rings (SSSR count). The van der Waals surface area contributed by atoms with Crippen molar-refractivity contribution < 1.29 is 4.39 Å². The van der Waals surface area contributed by atoms with Crippen molar-refractivity contribution in [3.05, 3.63) is 74.9 Å². The molecule has 0 unspecified atom stereocenters. The number of hydrazone groups is 1. The van der Waals surface area contributed by atoms with Crippen molar-refractivity contribution in [3.63, 3.8) is 0 Å². The Morgan fingerprint density at radius 2 is 1.77 bits per heavy atom. The maximum absolute atomic E-state index is 13.2. The molecule has 0 bridgehead atoms. The summed E-state index contributed by atoms with van der Waals surface area (Å²) < 4.78 is 13.2. The molecular weight excluding hydrogens is 315 g/mol. The quantitative estimate of drug-likeness (QED) is 0.636. The molecular formula is C17H13FN2S2. The lowest BCUT2D eigenvalue weighted by molar-refractivity contribution is 0.626. The molecule has 0 aliphatic carbocycles. The van der Waals surface area contributed by atoms with E-state index in [1.54, 1.807) is 34.8 Å². The van der Waals surface area contributed by atoms with Gasteiger partial charge in [-0.2, -0.15) is 5.10 Å². The standard InChI is InChI=1S/C17H13FN2S2/c18-12-5-7-13(8-6-12)20-15(17-4-2-10-22-17)11-14(19-20)16-3-1-9-21-16/h1-10,15H,11H2/t15-/m0/s1. The molecule has 1 atom stereocenters. The molecule has 0 N–H and O–H groups in total. The second-order valence-corrected chi connectivity index (χ2v) is 7.01. The minimum atomic E-state index is -0.224. The van der Waals surface area contributed by atoms with Crippen molar-refractivity contribution in [3.8, 4) is 0 Å². The number of rotatable bonds is 3. The first kappa shape index (κ1) is 13.7. The Morgan fingerprint density at radius 1 is 1.00 bits per heavy atom. The average molecular weight is 328 g/mol. The van der Waals surface area contributed by atoms with Gasteiger partial charge in [-0.1, -0.05) is 12.1 Å². The van der Waals surface area contributed by atoms with Gasteiger partial charge in [0.15, 0.2) is 0 Å². The van der Waals surface area contributed by atoms with Gasteiger partial charge >= 0.3 is 0 Å². The minimum absolute atomic E-state index is 0.183. The molecule has 22 heavy (non-hydrogen) atoms. The lowest BCUT2D eigenvalue weighted by Crippen LogP contribution is -2.17. The van der Waals surface area contributed by atoms with Gasteiger partial charge in [-0.3, -0.25) is 5.01 Å². The number of nitrogens with zero attached hydrogens (tertiary/aromatic N) is 2. The van der Waals surface area contributed by atoms with E-state index in [9.17, 15) is 4.39 Å². The van der Waals surface area contributed by atoms with E-state index in [-0.39, 0.29) is 11.9 Å². The Morgan fingerprint density at radius 3 is 2.45 bits per heavy atom. The molecule has 1 aliphatic heterocycles. The summed E-state index contributed by atoms with van der Waals surface area (Å²) in [6.45, 7) is 0. The predicted molar refractivity (Wildman–Crippen MR) is 91.4 cm³/mol. The molecule has 2 nitrogen and oxygen atoms in total. The summed E-state index contributed by atoms with van der Waals surface area (Å²) in [5.74, 6) is -0.224. The van der Waals surface area contributed by atoms with Gasteiger partial charge in [-0.05, 0) is 47.2 Å². The van der Waals surface area contributed by atoms with Crippen LogP contribution in [0.3, 0.4) is 0 Å². The zero-order valence-electron chi connectivity index (χ0n) is 11.6. The summed E-state index contributed by atoms with van der Waals surface area (Å²) in [4.78, 5) is 2.48. The molecule has 110 valence electrons. The van der Waals surface area contributed by atoms with Crippen LogP contribution in [-0.4, -0.2) is 5.71 Å². The van der Waals surface area contributed by atoms with Crippen LogP contribution in [0.15, 0.2) is 64.4 Å². The lowest BCUT2D eigenvalue weighted by atomic mass is 10.1. The van der Waals surface area contributed by atoms with E-state index in [2.05, 4.69) is 29.0 Å². The highest BCUT2D eigenvalue weighted by molar-refractivity contribution is 7.12. The summed E-state index contributed by atoms with van der Waals surface area (Å²) in [5.41, 5.74) is 2.02. The summed E-state index contributed by atoms with van der Waals surface area (Å²) in [6.07, 6.45) is 0.873. The van der Waals surface area contributed by atoms with Gasteiger partial charge in [-0.25, -0.2) is 4.39 Å². The fourth-order valence-electron chi connectivity index (χ4n) is 2.64. The minimum Gasteiger partial charge on any atom is -0.257 e. The SMILES string of the molecule is Fc1ccc(N2N=C(c3cccs3)C[C@H]2c2cccs2)cc1. The molecule has 3 aromatic rings. The van der Waals surface area contributed by atoms with Crippen LogP contribution in [-0.2, 0) is 0 Å². The Bertz CT molecular complexity index is 777. The van der Waals surface area contributed by atoms with Crippen LogP contribution in [0.25, 0.3) is 0 Å². The van der Waals surface area contributed by atoms with Crippen LogP contribution in [0, 0.1) is 5.82 Å². The highest BCUT2D eigenvalue weighted by atomic mass is 32.1. The van der Waals surface area contributed by atoms with Crippen molar-refractivity contribution in [2.24, 2.45) is 5.10 Å². The first-order valence-corrected chi connectivity index (χ1v) is 8.77. The van der Waals surface area contributed by atoms with Gasteiger partial charge in [0.1, 0.15) is 5.82 Å². The zero-order valence-corrected chi connectivity index (χ0v) is 13.3.